The van der Waals surface area contributed by atoms with E-state index < -0.39 is 0 Å². The maximum atomic E-state index is 3.69. The third-order valence-electron chi connectivity index (χ3n) is 3.50. The highest BCUT2D eigenvalue weighted by molar-refractivity contribution is 7.10. The maximum absolute atomic E-state index is 3.69. The van der Waals surface area contributed by atoms with Gasteiger partial charge in [-0.25, -0.2) is 0 Å². The number of rotatable bonds is 3. The van der Waals surface area contributed by atoms with Crippen molar-refractivity contribution >= 4 is 11.3 Å². The Morgan fingerprint density at radius 3 is 3.24 bits per heavy atom. The van der Waals surface area contributed by atoms with Crippen LogP contribution in [0, 0.1) is 0 Å². The molecule has 0 radical (unpaired) electrons. The quantitative estimate of drug-likeness (QED) is 0.879. The molecule has 2 aromatic rings. The maximum Gasteiger partial charge on any atom is 0.0334 e. The van der Waals surface area contributed by atoms with Gasteiger partial charge in [0.15, 0.2) is 0 Å². The minimum Gasteiger partial charge on any atom is -0.357 e. The number of nitrogens with zero attached hydrogens (tertiary/aromatic N) is 1. The first-order valence-electron chi connectivity index (χ1n) is 6.23. The van der Waals surface area contributed by atoms with Crippen molar-refractivity contribution in [1.29, 1.82) is 0 Å². The molecule has 1 atom stereocenters. The molecule has 1 aliphatic carbocycles. The molecule has 0 bridgehead atoms. The zero-order valence-electron chi connectivity index (χ0n) is 10.1. The third-order valence-corrected chi connectivity index (χ3v) is 4.49. The first-order chi connectivity index (χ1) is 8.33. The van der Waals surface area contributed by atoms with Crippen LogP contribution in [-0.2, 0) is 20.0 Å². The van der Waals surface area contributed by atoms with E-state index in [4.69, 9.17) is 0 Å². The summed E-state index contributed by atoms with van der Waals surface area (Å²) >= 11 is 1.91. The Balaban J connectivity index is 1.67. The van der Waals surface area contributed by atoms with Gasteiger partial charge in [-0.1, -0.05) is 0 Å². The molecule has 3 rings (SSSR count). The van der Waals surface area contributed by atoms with Gasteiger partial charge in [-0.05, 0) is 47.9 Å². The van der Waals surface area contributed by atoms with Crippen LogP contribution in [0.4, 0.5) is 0 Å². The van der Waals surface area contributed by atoms with Crippen molar-refractivity contribution in [3.8, 4) is 0 Å². The van der Waals surface area contributed by atoms with Crippen LogP contribution in [0.15, 0.2) is 29.9 Å². The molecule has 3 heteroatoms. The smallest absolute Gasteiger partial charge is 0.0334 e. The number of fused-ring (bicyclic) bond motifs is 1. The fourth-order valence-electron chi connectivity index (χ4n) is 2.61. The van der Waals surface area contributed by atoms with Gasteiger partial charge in [-0.3, -0.25) is 0 Å². The van der Waals surface area contributed by atoms with E-state index >= 15 is 0 Å². The predicted molar refractivity (Wildman–Crippen MR) is 72.3 cm³/mol. The molecular weight excluding hydrogens is 228 g/mol. The molecule has 0 aliphatic heterocycles. The second kappa shape index (κ2) is 4.67. The highest BCUT2D eigenvalue weighted by Crippen LogP contribution is 2.33. The summed E-state index contributed by atoms with van der Waals surface area (Å²) < 4.78 is 2.11. The lowest BCUT2D eigenvalue weighted by atomic mass is 9.94. The Bertz CT molecular complexity index is 498. The van der Waals surface area contributed by atoms with Crippen LogP contribution in [0.3, 0.4) is 0 Å². The predicted octanol–water partition coefficient (Wildman–Crippen LogP) is 3.25. The monoisotopic (exact) mass is 246 g/mol. The van der Waals surface area contributed by atoms with Crippen LogP contribution < -0.4 is 5.32 Å². The fourth-order valence-corrected chi connectivity index (χ4v) is 3.59. The molecule has 0 fully saturated rings. The number of aromatic nitrogens is 1. The average molecular weight is 246 g/mol. The van der Waals surface area contributed by atoms with Crippen molar-refractivity contribution in [3.05, 3.63) is 45.9 Å². The van der Waals surface area contributed by atoms with Crippen LogP contribution in [0.2, 0.25) is 0 Å². The van der Waals surface area contributed by atoms with Crippen molar-refractivity contribution in [2.45, 2.75) is 31.8 Å². The number of hydrogen-bond donors (Lipinski definition) is 1. The van der Waals surface area contributed by atoms with Crippen molar-refractivity contribution in [3.63, 3.8) is 0 Å². The Hall–Kier alpha value is -1.06. The molecule has 2 aromatic heterocycles. The molecule has 1 unspecified atom stereocenters. The van der Waals surface area contributed by atoms with Crippen LogP contribution in [0.1, 0.15) is 34.9 Å². The molecule has 0 saturated carbocycles. The third kappa shape index (κ3) is 2.31. The van der Waals surface area contributed by atoms with Gasteiger partial charge in [0.25, 0.3) is 0 Å². The van der Waals surface area contributed by atoms with E-state index in [1.54, 1.807) is 4.88 Å². The Morgan fingerprint density at radius 2 is 2.41 bits per heavy atom. The van der Waals surface area contributed by atoms with Gasteiger partial charge in [0, 0.05) is 36.9 Å². The minimum atomic E-state index is 0.560. The van der Waals surface area contributed by atoms with Crippen molar-refractivity contribution in [2.24, 2.45) is 7.05 Å². The van der Waals surface area contributed by atoms with Gasteiger partial charge >= 0.3 is 0 Å². The number of thiophene rings is 1. The molecule has 1 N–H and O–H groups in total. The average Bonchev–Trinajstić information content (AvgIpc) is 2.94. The lowest BCUT2D eigenvalue weighted by Crippen LogP contribution is -2.23. The van der Waals surface area contributed by atoms with Crippen LogP contribution in [-0.4, -0.2) is 4.57 Å². The topological polar surface area (TPSA) is 17.0 Å². The molecule has 2 heterocycles. The first-order valence-corrected chi connectivity index (χ1v) is 7.11. The normalized spacial score (nSPS) is 19.2. The second-order valence-corrected chi connectivity index (χ2v) is 5.81. The molecule has 1 aliphatic rings. The summed E-state index contributed by atoms with van der Waals surface area (Å²) in [5.74, 6) is 0. The number of nitrogens with one attached hydrogen (secondary N) is 1. The van der Waals surface area contributed by atoms with E-state index in [-0.39, 0.29) is 0 Å². The van der Waals surface area contributed by atoms with Gasteiger partial charge < -0.3 is 9.88 Å². The molecule has 2 nitrogen and oxygen atoms in total. The van der Waals surface area contributed by atoms with Gasteiger partial charge in [0.05, 0.1) is 0 Å². The van der Waals surface area contributed by atoms with E-state index in [9.17, 15) is 0 Å². The Morgan fingerprint density at radius 1 is 1.47 bits per heavy atom. The van der Waals surface area contributed by atoms with Crippen LogP contribution >= 0.6 is 11.3 Å². The molecule has 0 amide bonds. The summed E-state index contributed by atoms with van der Waals surface area (Å²) in [5, 5.41) is 5.92. The van der Waals surface area contributed by atoms with E-state index in [0.29, 0.717) is 6.04 Å². The fraction of sp³-hybridized carbons (Fsp3) is 0.429. The van der Waals surface area contributed by atoms with E-state index in [0.717, 1.165) is 6.54 Å². The summed E-state index contributed by atoms with van der Waals surface area (Å²) in [6.07, 6.45) is 8.16. The molecule has 0 saturated heterocycles. The summed E-state index contributed by atoms with van der Waals surface area (Å²) in [4.78, 5) is 1.59. The second-order valence-electron chi connectivity index (χ2n) is 4.81. The summed E-state index contributed by atoms with van der Waals surface area (Å²) in [6, 6.07) is 5.04. The van der Waals surface area contributed by atoms with E-state index in [1.165, 1.54) is 30.4 Å². The molecule has 90 valence electrons. The van der Waals surface area contributed by atoms with Crippen LogP contribution in [0.5, 0.6) is 0 Å². The molecule has 17 heavy (non-hydrogen) atoms. The SMILES string of the molecule is Cn1ccc(CNC2CCCc3sccc32)c1. The summed E-state index contributed by atoms with van der Waals surface area (Å²) in [6.45, 7) is 0.973. The highest BCUT2D eigenvalue weighted by Gasteiger charge is 2.20. The Labute approximate surface area is 106 Å². The molecule has 0 aromatic carbocycles. The van der Waals surface area contributed by atoms with Crippen molar-refractivity contribution < 1.29 is 0 Å². The Kier molecular flexibility index (Phi) is 3.04. The van der Waals surface area contributed by atoms with Gasteiger partial charge in [0.1, 0.15) is 0 Å². The van der Waals surface area contributed by atoms with E-state index in [1.807, 2.05) is 11.3 Å². The van der Waals surface area contributed by atoms with Crippen molar-refractivity contribution in [2.75, 3.05) is 0 Å². The standard InChI is InChI=1S/C14H18N2S/c1-16-7-5-11(10-16)9-15-13-3-2-4-14-12(13)6-8-17-14/h5-8,10,13,15H,2-4,9H2,1H3. The number of aryl methyl sites for hydroxylation is 2. The summed E-state index contributed by atoms with van der Waals surface area (Å²) in [5.41, 5.74) is 2.91. The minimum absolute atomic E-state index is 0.560. The number of hydrogen-bond acceptors (Lipinski definition) is 2. The zero-order valence-corrected chi connectivity index (χ0v) is 11.0. The highest BCUT2D eigenvalue weighted by atomic mass is 32.1. The largest absolute Gasteiger partial charge is 0.357 e. The van der Waals surface area contributed by atoms with Crippen molar-refractivity contribution in [1.82, 2.24) is 9.88 Å². The van der Waals surface area contributed by atoms with Crippen LogP contribution in [0.25, 0.3) is 0 Å². The summed E-state index contributed by atoms with van der Waals surface area (Å²) in [7, 11) is 2.07. The zero-order chi connectivity index (χ0) is 11.7. The van der Waals surface area contributed by atoms with Gasteiger partial charge in [-0.2, -0.15) is 0 Å². The van der Waals surface area contributed by atoms with Gasteiger partial charge in [-0.15, -0.1) is 11.3 Å². The van der Waals surface area contributed by atoms with E-state index in [2.05, 4.69) is 46.8 Å². The first kappa shape index (κ1) is 11.1. The lowest BCUT2D eigenvalue weighted by molar-refractivity contribution is 0.463. The lowest BCUT2D eigenvalue weighted by Gasteiger charge is -2.23. The molecule has 0 spiro atoms. The van der Waals surface area contributed by atoms with Gasteiger partial charge in [0.2, 0.25) is 0 Å². The molecular formula is C14H18N2S.